The molecule has 224 valence electrons. The average molecular weight is 630 g/mol. The lowest BCUT2D eigenvalue weighted by Crippen LogP contribution is -1.91. The van der Waals surface area contributed by atoms with Crippen molar-refractivity contribution in [3.8, 4) is 50.6 Å². The van der Waals surface area contributed by atoms with E-state index >= 15 is 0 Å². The van der Waals surface area contributed by atoms with E-state index in [1.54, 1.807) is 6.20 Å². The molecule has 0 fully saturated rings. The van der Waals surface area contributed by atoms with Crippen molar-refractivity contribution in [2.75, 3.05) is 0 Å². The normalized spacial score (nSPS) is 11.4. The molecule has 0 amide bonds. The predicted octanol–water partition coefficient (Wildman–Crippen LogP) is 12.0. The molecule has 48 heavy (non-hydrogen) atoms. The van der Waals surface area contributed by atoms with Crippen LogP contribution in [-0.4, -0.2) is 9.97 Å². The van der Waals surface area contributed by atoms with Crippen molar-refractivity contribution in [3.05, 3.63) is 157 Å². The lowest BCUT2D eigenvalue weighted by atomic mass is 9.85. The van der Waals surface area contributed by atoms with Crippen LogP contribution in [0.3, 0.4) is 0 Å². The van der Waals surface area contributed by atoms with E-state index in [9.17, 15) is 5.26 Å². The van der Waals surface area contributed by atoms with E-state index in [0.717, 1.165) is 22.4 Å². The third-order valence-corrected chi connectivity index (χ3v) is 10.4. The van der Waals surface area contributed by atoms with Crippen LogP contribution in [0.1, 0.15) is 11.4 Å². The Morgan fingerprint density at radius 2 is 1.00 bits per heavy atom. The first-order chi connectivity index (χ1) is 23.6. The number of hydrogen-bond donors (Lipinski definition) is 0. The molecule has 9 aromatic rings. The van der Waals surface area contributed by atoms with Gasteiger partial charge in [-0.25, -0.2) is 4.98 Å². The summed E-state index contributed by atoms with van der Waals surface area (Å²) in [4.78, 5) is 8.54. The summed E-state index contributed by atoms with van der Waals surface area (Å²) in [6, 6.07) is 50.2. The first-order valence-electron chi connectivity index (χ1n) is 15.9. The zero-order chi connectivity index (χ0) is 32.2. The van der Waals surface area contributed by atoms with Crippen molar-refractivity contribution < 1.29 is 0 Å². The van der Waals surface area contributed by atoms with E-state index in [-0.39, 0.29) is 0 Å². The molecule has 3 aromatic heterocycles. The molecule has 0 unspecified atom stereocenters. The molecule has 3 heterocycles. The molecule has 0 aliphatic rings. The molecule has 0 spiro atoms. The molecule has 4 heteroatoms. The summed E-state index contributed by atoms with van der Waals surface area (Å²) >= 11 is 1.86. The zero-order valence-electron chi connectivity index (χ0n) is 26.1. The lowest BCUT2D eigenvalue weighted by molar-refractivity contribution is 1.20. The Morgan fingerprint density at radius 3 is 1.62 bits per heavy atom. The Hall–Kier alpha value is -6.15. The maximum Gasteiger partial charge on any atom is 0.141 e. The Morgan fingerprint density at radius 1 is 0.458 bits per heavy atom. The van der Waals surface area contributed by atoms with E-state index in [4.69, 9.17) is 0 Å². The molecule has 0 aliphatic carbocycles. The minimum absolute atomic E-state index is 0.417. The van der Waals surface area contributed by atoms with Crippen LogP contribution in [0.25, 0.3) is 86.2 Å². The number of pyridine rings is 2. The highest BCUT2D eigenvalue weighted by atomic mass is 32.1. The van der Waals surface area contributed by atoms with Gasteiger partial charge in [-0.2, -0.15) is 5.26 Å². The van der Waals surface area contributed by atoms with Gasteiger partial charge in [-0.15, -0.1) is 11.3 Å². The predicted molar refractivity (Wildman–Crippen MR) is 201 cm³/mol. The smallest absolute Gasteiger partial charge is 0.141 e. The second-order valence-corrected chi connectivity index (χ2v) is 13.3. The maximum absolute atomic E-state index is 9.39. The van der Waals surface area contributed by atoms with Crippen molar-refractivity contribution in [2.45, 2.75) is 6.92 Å². The topological polar surface area (TPSA) is 49.6 Å². The summed E-state index contributed by atoms with van der Waals surface area (Å²) in [5, 5.41) is 16.9. The molecule has 6 aromatic carbocycles. The second-order valence-electron chi connectivity index (χ2n) is 12.2. The maximum atomic E-state index is 9.39. The van der Waals surface area contributed by atoms with Crippen LogP contribution in [0.4, 0.5) is 0 Å². The quantitative estimate of drug-likeness (QED) is 0.182. The van der Waals surface area contributed by atoms with Gasteiger partial charge < -0.3 is 0 Å². The van der Waals surface area contributed by atoms with Crippen LogP contribution in [0, 0.1) is 18.3 Å². The number of hydrogen-bond acceptors (Lipinski definition) is 4. The van der Waals surface area contributed by atoms with E-state index in [1.165, 1.54) is 69.5 Å². The number of nitrogens with zero attached hydrogens (tertiary/aromatic N) is 3. The fourth-order valence-corrected chi connectivity index (χ4v) is 8.20. The summed E-state index contributed by atoms with van der Waals surface area (Å²) in [6.45, 7) is 2.03. The van der Waals surface area contributed by atoms with Crippen LogP contribution in [0.15, 0.2) is 146 Å². The van der Waals surface area contributed by atoms with Crippen molar-refractivity contribution in [2.24, 2.45) is 0 Å². The van der Waals surface area contributed by atoms with E-state index < -0.39 is 0 Å². The van der Waals surface area contributed by atoms with E-state index in [2.05, 4.69) is 137 Å². The Bertz CT molecular complexity index is 2730. The molecule has 9 rings (SSSR count). The van der Waals surface area contributed by atoms with Crippen molar-refractivity contribution in [1.29, 1.82) is 5.26 Å². The third kappa shape index (κ3) is 4.64. The Kier molecular flexibility index (Phi) is 6.60. The number of aromatic nitrogens is 2. The molecule has 0 saturated heterocycles. The van der Waals surface area contributed by atoms with Gasteiger partial charge in [0, 0.05) is 38.3 Å². The van der Waals surface area contributed by atoms with Gasteiger partial charge in [-0.3, -0.25) is 4.98 Å². The van der Waals surface area contributed by atoms with Gasteiger partial charge in [-0.1, -0.05) is 91.0 Å². The molecule has 0 atom stereocenters. The number of benzene rings is 6. The number of aryl methyl sites for hydroxylation is 1. The van der Waals surface area contributed by atoms with E-state index in [0.29, 0.717) is 5.69 Å². The SMILES string of the molecule is Cc1cc(-c2ccc(-c3c4ccccc4c(-c4ccc(-c5ccnc(C#N)c5)cc4)c4cc5c(cc34)sc3ccccc35)cc2)ccn1. The summed E-state index contributed by atoms with van der Waals surface area (Å²) in [5.74, 6) is 0. The highest BCUT2D eigenvalue weighted by Gasteiger charge is 2.19. The minimum Gasteiger partial charge on any atom is -0.262 e. The summed E-state index contributed by atoms with van der Waals surface area (Å²) in [7, 11) is 0. The second kappa shape index (κ2) is 11.3. The van der Waals surface area contributed by atoms with Gasteiger partial charge in [0.05, 0.1) is 0 Å². The van der Waals surface area contributed by atoms with E-state index in [1.807, 2.05) is 36.6 Å². The van der Waals surface area contributed by atoms with Gasteiger partial charge in [0.2, 0.25) is 0 Å². The molecule has 0 N–H and O–H groups in total. The van der Waals surface area contributed by atoms with Crippen LogP contribution in [0.5, 0.6) is 0 Å². The van der Waals surface area contributed by atoms with Gasteiger partial charge in [0.25, 0.3) is 0 Å². The highest BCUT2D eigenvalue weighted by Crippen LogP contribution is 2.47. The number of fused-ring (bicyclic) bond motifs is 5. The van der Waals surface area contributed by atoms with Gasteiger partial charge in [0.1, 0.15) is 11.8 Å². The van der Waals surface area contributed by atoms with Gasteiger partial charge >= 0.3 is 0 Å². The zero-order valence-corrected chi connectivity index (χ0v) is 26.9. The first kappa shape index (κ1) is 28.1. The molecular weight excluding hydrogens is 603 g/mol. The van der Waals surface area contributed by atoms with Gasteiger partial charge in [0.15, 0.2) is 0 Å². The minimum atomic E-state index is 0.417. The number of nitriles is 1. The largest absolute Gasteiger partial charge is 0.262 e. The fraction of sp³-hybridized carbons (Fsp3) is 0.0227. The van der Waals surface area contributed by atoms with Gasteiger partial charge in [-0.05, 0) is 115 Å². The van der Waals surface area contributed by atoms with Crippen LogP contribution in [-0.2, 0) is 0 Å². The number of rotatable bonds is 4. The Balaban J connectivity index is 1.31. The third-order valence-electron chi connectivity index (χ3n) is 9.31. The highest BCUT2D eigenvalue weighted by molar-refractivity contribution is 7.25. The fourth-order valence-electron chi connectivity index (χ4n) is 7.07. The summed E-state index contributed by atoms with van der Waals surface area (Å²) in [6.07, 6.45) is 3.57. The summed E-state index contributed by atoms with van der Waals surface area (Å²) in [5.41, 5.74) is 10.6. The van der Waals surface area contributed by atoms with Crippen molar-refractivity contribution in [3.63, 3.8) is 0 Å². The van der Waals surface area contributed by atoms with Crippen LogP contribution < -0.4 is 0 Å². The Labute approximate surface area is 282 Å². The average Bonchev–Trinajstić information content (AvgIpc) is 3.50. The van der Waals surface area contributed by atoms with Crippen molar-refractivity contribution in [1.82, 2.24) is 9.97 Å². The lowest BCUT2D eigenvalue weighted by Gasteiger charge is -2.18. The number of thiophene rings is 1. The molecule has 0 saturated carbocycles. The summed E-state index contributed by atoms with van der Waals surface area (Å²) < 4.78 is 2.59. The molecule has 0 radical (unpaired) electrons. The van der Waals surface area contributed by atoms with Crippen LogP contribution in [0.2, 0.25) is 0 Å². The first-order valence-corrected chi connectivity index (χ1v) is 16.8. The molecule has 0 aliphatic heterocycles. The molecular formula is C44H27N3S. The molecule has 0 bridgehead atoms. The van der Waals surface area contributed by atoms with Crippen LogP contribution >= 0.6 is 11.3 Å². The monoisotopic (exact) mass is 629 g/mol. The standard InChI is InChI=1S/C44H27N3S/c1-27-22-32(18-20-46-27)28-10-14-31(15-11-28)44-37-8-3-2-7-36(37)43(30-16-12-29(13-17-30)33-19-21-47-34(23-33)26-45)39-24-38-35-6-4-5-9-41(35)48-42(38)25-40(39)44/h2-25H,1H3. The molecule has 3 nitrogen and oxygen atoms in total. The van der Waals surface area contributed by atoms with Crippen molar-refractivity contribution >= 4 is 53.1 Å².